The summed E-state index contributed by atoms with van der Waals surface area (Å²) in [7, 11) is 0. The second-order valence-electron chi connectivity index (χ2n) is 4.41. The van der Waals surface area contributed by atoms with E-state index in [-0.39, 0.29) is 5.56 Å². The number of nitrogens with one attached hydrogen (secondary N) is 2. The molecule has 2 N–H and O–H groups in total. The molecule has 0 aromatic carbocycles. The van der Waals surface area contributed by atoms with Gasteiger partial charge in [0.2, 0.25) is 5.88 Å². The minimum atomic E-state index is -0.145. The van der Waals surface area contributed by atoms with E-state index < -0.39 is 0 Å². The van der Waals surface area contributed by atoms with Crippen LogP contribution >= 0.6 is 0 Å². The van der Waals surface area contributed by atoms with Crippen LogP contribution in [0.3, 0.4) is 0 Å². The molecule has 5 nitrogen and oxygen atoms in total. The van der Waals surface area contributed by atoms with Crippen LogP contribution in [0.1, 0.15) is 25.6 Å². The third-order valence-electron chi connectivity index (χ3n) is 2.97. The van der Waals surface area contributed by atoms with E-state index in [0.29, 0.717) is 30.7 Å². The van der Waals surface area contributed by atoms with Crippen LogP contribution in [-0.4, -0.2) is 29.7 Å². The largest absolute Gasteiger partial charge is 0.477 e. The van der Waals surface area contributed by atoms with Crippen molar-refractivity contribution in [3.63, 3.8) is 0 Å². The number of rotatable bonds is 4. The predicted molar refractivity (Wildman–Crippen MR) is 65.3 cm³/mol. The van der Waals surface area contributed by atoms with Gasteiger partial charge in [0.25, 0.3) is 5.56 Å². The fourth-order valence-electron chi connectivity index (χ4n) is 1.99. The third kappa shape index (κ3) is 3.56. The normalized spacial score (nSPS) is 20.2. The van der Waals surface area contributed by atoms with Gasteiger partial charge in [-0.3, -0.25) is 4.79 Å². The molecule has 1 aromatic heterocycles. The van der Waals surface area contributed by atoms with Crippen molar-refractivity contribution in [2.45, 2.75) is 26.2 Å². The lowest BCUT2D eigenvalue weighted by Crippen LogP contribution is -2.33. The van der Waals surface area contributed by atoms with Crippen LogP contribution < -0.4 is 15.6 Å². The lowest BCUT2D eigenvalue weighted by Gasteiger charge is -2.22. The Morgan fingerprint density at radius 3 is 3.18 bits per heavy atom. The summed E-state index contributed by atoms with van der Waals surface area (Å²) in [4.78, 5) is 18.2. The Morgan fingerprint density at radius 2 is 2.47 bits per heavy atom. The van der Waals surface area contributed by atoms with E-state index in [1.54, 1.807) is 0 Å². The summed E-state index contributed by atoms with van der Waals surface area (Å²) >= 11 is 0. The van der Waals surface area contributed by atoms with E-state index in [1.807, 2.05) is 6.92 Å². The van der Waals surface area contributed by atoms with Gasteiger partial charge in [0, 0.05) is 18.9 Å². The van der Waals surface area contributed by atoms with Gasteiger partial charge < -0.3 is 15.0 Å². The number of piperidine rings is 1. The van der Waals surface area contributed by atoms with E-state index in [9.17, 15) is 4.79 Å². The van der Waals surface area contributed by atoms with Crippen LogP contribution in [0.2, 0.25) is 0 Å². The zero-order chi connectivity index (χ0) is 12.1. The molecule has 1 unspecified atom stereocenters. The van der Waals surface area contributed by atoms with Gasteiger partial charge >= 0.3 is 0 Å². The fourth-order valence-corrected chi connectivity index (χ4v) is 1.99. The van der Waals surface area contributed by atoms with Crippen LogP contribution in [0.4, 0.5) is 0 Å². The number of hydrogen-bond donors (Lipinski definition) is 2. The molecule has 2 rings (SSSR count). The highest BCUT2D eigenvalue weighted by molar-refractivity contribution is 5.08. The summed E-state index contributed by atoms with van der Waals surface area (Å²) in [6, 6.07) is 1.41. The van der Waals surface area contributed by atoms with E-state index >= 15 is 0 Å². The molecule has 0 radical (unpaired) electrons. The molecule has 2 heterocycles. The third-order valence-corrected chi connectivity index (χ3v) is 2.97. The average Bonchev–Trinajstić information content (AvgIpc) is 2.37. The molecular formula is C12H19N3O2. The first-order valence-corrected chi connectivity index (χ1v) is 6.21. The van der Waals surface area contributed by atoms with Gasteiger partial charge in [-0.1, -0.05) is 6.92 Å². The van der Waals surface area contributed by atoms with Crippen molar-refractivity contribution >= 4 is 0 Å². The molecular weight excluding hydrogens is 218 g/mol. The van der Waals surface area contributed by atoms with Crippen molar-refractivity contribution < 1.29 is 4.74 Å². The monoisotopic (exact) mass is 237 g/mol. The van der Waals surface area contributed by atoms with E-state index in [0.717, 1.165) is 13.1 Å². The second-order valence-corrected chi connectivity index (χ2v) is 4.41. The van der Waals surface area contributed by atoms with Gasteiger partial charge in [0.15, 0.2) is 0 Å². The molecule has 1 aliphatic heterocycles. The number of aromatic amines is 1. The maximum atomic E-state index is 11.3. The van der Waals surface area contributed by atoms with Crippen molar-refractivity contribution in [3.8, 4) is 5.88 Å². The standard InChI is InChI=1S/C12H19N3O2/c1-2-10-14-11(16)6-12(15-10)17-8-9-4-3-5-13-7-9/h6,9,13H,2-5,7-8H2,1H3,(H,14,15,16). The molecule has 1 aliphatic rings. The summed E-state index contributed by atoms with van der Waals surface area (Å²) in [5.74, 6) is 1.64. The Hall–Kier alpha value is -1.36. The van der Waals surface area contributed by atoms with E-state index in [1.165, 1.54) is 18.9 Å². The van der Waals surface area contributed by atoms with Crippen molar-refractivity contribution in [3.05, 3.63) is 22.2 Å². The SMILES string of the molecule is CCc1nc(OCC2CCCNC2)cc(=O)[nH]1. The topological polar surface area (TPSA) is 67.0 Å². The summed E-state index contributed by atoms with van der Waals surface area (Å²) in [5, 5.41) is 3.34. The number of hydrogen-bond acceptors (Lipinski definition) is 4. The Bertz CT molecular complexity index is 410. The first-order valence-electron chi connectivity index (χ1n) is 6.21. The molecule has 5 heteroatoms. The molecule has 1 atom stereocenters. The number of ether oxygens (including phenoxy) is 1. The number of nitrogens with zero attached hydrogens (tertiary/aromatic N) is 1. The molecule has 17 heavy (non-hydrogen) atoms. The Labute approximate surface area is 101 Å². The zero-order valence-electron chi connectivity index (χ0n) is 10.2. The maximum Gasteiger partial charge on any atom is 0.254 e. The minimum Gasteiger partial charge on any atom is -0.477 e. The van der Waals surface area contributed by atoms with Crippen molar-refractivity contribution in [2.24, 2.45) is 5.92 Å². The quantitative estimate of drug-likeness (QED) is 0.809. The summed E-state index contributed by atoms with van der Waals surface area (Å²) < 4.78 is 5.60. The van der Waals surface area contributed by atoms with Crippen molar-refractivity contribution in [2.75, 3.05) is 19.7 Å². The molecule has 94 valence electrons. The number of H-pyrrole nitrogens is 1. The highest BCUT2D eigenvalue weighted by atomic mass is 16.5. The van der Waals surface area contributed by atoms with Crippen LogP contribution in [0.25, 0.3) is 0 Å². The summed E-state index contributed by atoms with van der Waals surface area (Å²) in [6.07, 6.45) is 3.07. The van der Waals surface area contributed by atoms with Crippen LogP contribution in [0.15, 0.2) is 10.9 Å². The molecule has 0 saturated carbocycles. The molecule has 0 bridgehead atoms. The van der Waals surface area contributed by atoms with E-state index in [4.69, 9.17) is 4.74 Å². The highest BCUT2D eigenvalue weighted by Gasteiger charge is 2.14. The maximum absolute atomic E-state index is 11.3. The van der Waals surface area contributed by atoms with Crippen LogP contribution in [0.5, 0.6) is 5.88 Å². The molecule has 0 amide bonds. The number of aryl methyl sites for hydroxylation is 1. The molecule has 1 aromatic rings. The van der Waals surface area contributed by atoms with Crippen LogP contribution in [0, 0.1) is 5.92 Å². The van der Waals surface area contributed by atoms with Gasteiger partial charge in [-0.15, -0.1) is 0 Å². The van der Waals surface area contributed by atoms with Gasteiger partial charge in [-0.2, -0.15) is 0 Å². The van der Waals surface area contributed by atoms with Gasteiger partial charge in [0.05, 0.1) is 12.7 Å². The Balaban J connectivity index is 1.93. The van der Waals surface area contributed by atoms with Crippen molar-refractivity contribution in [1.29, 1.82) is 0 Å². The van der Waals surface area contributed by atoms with Crippen molar-refractivity contribution in [1.82, 2.24) is 15.3 Å². The lowest BCUT2D eigenvalue weighted by atomic mass is 10.0. The molecule has 1 saturated heterocycles. The second kappa shape index (κ2) is 5.82. The minimum absolute atomic E-state index is 0.145. The van der Waals surface area contributed by atoms with Gasteiger partial charge in [0.1, 0.15) is 5.82 Å². The summed E-state index contributed by atoms with van der Waals surface area (Å²) in [6.45, 7) is 4.67. The first-order chi connectivity index (χ1) is 8.28. The van der Waals surface area contributed by atoms with E-state index in [2.05, 4.69) is 15.3 Å². The lowest BCUT2D eigenvalue weighted by molar-refractivity contribution is 0.211. The average molecular weight is 237 g/mol. The summed E-state index contributed by atoms with van der Waals surface area (Å²) in [5.41, 5.74) is -0.145. The number of aromatic nitrogens is 2. The first kappa shape index (κ1) is 12.1. The molecule has 1 fully saturated rings. The smallest absolute Gasteiger partial charge is 0.254 e. The van der Waals surface area contributed by atoms with Gasteiger partial charge in [-0.25, -0.2) is 4.98 Å². The van der Waals surface area contributed by atoms with Crippen LogP contribution in [-0.2, 0) is 6.42 Å². The predicted octanol–water partition coefficient (Wildman–Crippen LogP) is 0.711. The Morgan fingerprint density at radius 1 is 1.59 bits per heavy atom. The Kier molecular flexibility index (Phi) is 4.14. The fraction of sp³-hybridized carbons (Fsp3) is 0.667. The highest BCUT2D eigenvalue weighted by Crippen LogP contribution is 2.12. The van der Waals surface area contributed by atoms with Gasteiger partial charge in [-0.05, 0) is 19.4 Å². The molecule has 0 aliphatic carbocycles. The molecule has 0 spiro atoms. The zero-order valence-corrected chi connectivity index (χ0v) is 10.2.